The van der Waals surface area contributed by atoms with Crippen LogP contribution in [0.4, 0.5) is 0 Å². The molecular weight excluding hydrogens is 413 g/mol. The Balaban J connectivity index is 0.00000288. The first-order valence-electron chi connectivity index (χ1n) is 8.88. The van der Waals surface area contributed by atoms with E-state index in [1.807, 2.05) is 25.4 Å². The van der Waals surface area contributed by atoms with Crippen LogP contribution < -0.4 is 10.6 Å². The van der Waals surface area contributed by atoms with Crippen molar-refractivity contribution in [3.8, 4) is 0 Å². The molecule has 1 aromatic heterocycles. The number of hydrogen-bond acceptors (Lipinski definition) is 3. The third-order valence-corrected chi connectivity index (χ3v) is 4.62. The van der Waals surface area contributed by atoms with E-state index in [-0.39, 0.29) is 24.0 Å². The molecule has 5 nitrogen and oxygen atoms in total. The van der Waals surface area contributed by atoms with E-state index in [1.165, 1.54) is 38.9 Å². The molecule has 0 amide bonds. The van der Waals surface area contributed by atoms with Gasteiger partial charge in [0.1, 0.15) is 0 Å². The lowest BCUT2D eigenvalue weighted by atomic mass is 9.93. The molecule has 0 radical (unpaired) electrons. The van der Waals surface area contributed by atoms with Gasteiger partial charge in [-0.3, -0.25) is 9.98 Å². The highest BCUT2D eigenvalue weighted by Crippen LogP contribution is 2.19. The van der Waals surface area contributed by atoms with Crippen LogP contribution in [0.25, 0.3) is 0 Å². The zero-order valence-electron chi connectivity index (χ0n) is 15.0. The summed E-state index contributed by atoms with van der Waals surface area (Å²) in [6.07, 6.45) is 6.66. The van der Waals surface area contributed by atoms with Crippen LogP contribution in [0.1, 0.15) is 31.9 Å². The van der Waals surface area contributed by atoms with Gasteiger partial charge in [0.25, 0.3) is 0 Å². The molecule has 0 aromatic carbocycles. The SMILES string of the molecule is CCN1CCC(CCNC(=NC)NCCc2ccccn2)CC1.I. The van der Waals surface area contributed by atoms with E-state index >= 15 is 0 Å². The monoisotopic (exact) mass is 445 g/mol. The molecule has 136 valence electrons. The van der Waals surface area contributed by atoms with Crippen molar-refractivity contribution in [2.45, 2.75) is 32.6 Å². The number of nitrogens with zero attached hydrogens (tertiary/aromatic N) is 3. The highest BCUT2D eigenvalue weighted by atomic mass is 127. The van der Waals surface area contributed by atoms with Crippen molar-refractivity contribution in [1.29, 1.82) is 0 Å². The minimum atomic E-state index is 0. The molecule has 24 heavy (non-hydrogen) atoms. The van der Waals surface area contributed by atoms with Crippen LogP contribution in [0.2, 0.25) is 0 Å². The molecule has 1 aliphatic rings. The second-order valence-corrected chi connectivity index (χ2v) is 6.16. The minimum absolute atomic E-state index is 0. The summed E-state index contributed by atoms with van der Waals surface area (Å²) in [6.45, 7) is 7.82. The number of hydrogen-bond donors (Lipinski definition) is 2. The lowest BCUT2D eigenvalue weighted by molar-refractivity contribution is 0.187. The van der Waals surface area contributed by atoms with Gasteiger partial charge < -0.3 is 15.5 Å². The van der Waals surface area contributed by atoms with Gasteiger partial charge in [0.15, 0.2) is 5.96 Å². The Labute approximate surface area is 163 Å². The van der Waals surface area contributed by atoms with Gasteiger partial charge >= 0.3 is 0 Å². The Hall–Kier alpha value is -0.890. The quantitative estimate of drug-likeness (QED) is 0.385. The van der Waals surface area contributed by atoms with Crippen LogP contribution in [0.5, 0.6) is 0 Å². The largest absolute Gasteiger partial charge is 0.356 e. The first-order chi connectivity index (χ1) is 11.3. The van der Waals surface area contributed by atoms with Gasteiger partial charge in [-0.15, -0.1) is 24.0 Å². The summed E-state index contributed by atoms with van der Waals surface area (Å²) in [5, 5.41) is 6.80. The molecule has 0 spiro atoms. The van der Waals surface area contributed by atoms with E-state index in [1.54, 1.807) is 0 Å². The molecule has 1 aliphatic heterocycles. The average molecular weight is 445 g/mol. The summed E-state index contributed by atoms with van der Waals surface area (Å²) < 4.78 is 0. The first kappa shape index (κ1) is 21.2. The highest BCUT2D eigenvalue weighted by Gasteiger charge is 2.17. The van der Waals surface area contributed by atoms with Crippen LogP contribution in [-0.4, -0.2) is 55.6 Å². The molecule has 0 aliphatic carbocycles. The predicted molar refractivity (Wildman–Crippen MR) is 112 cm³/mol. The summed E-state index contributed by atoms with van der Waals surface area (Å²) in [4.78, 5) is 11.2. The summed E-state index contributed by atoms with van der Waals surface area (Å²) >= 11 is 0. The van der Waals surface area contributed by atoms with Crippen LogP contribution in [0, 0.1) is 5.92 Å². The van der Waals surface area contributed by atoms with E-state index in [2.05, 4.69) is 38.5 Å². The number of nitrogens with one attached hydrogen (secondary N) is 2. The lowest BCUT2D eigenvalue weighted by Crippen LogP contribution is -2.40. The van der Waals surface area contributed by atoms with Crippen molar-refractivity contribution in [2.75, 3.05) is 39.8 Å². The normalized spacial score (nSPS) is 16.5. The minimum Gasteiger partial charge on any atom is -0.356 e. The number of rotatable bonds is 7. The second kappa shape index (κ2) is 12.5. The molecule has 2 rings (SSSR count). The Morgan fingerprint density at radius 3 is 2.62 bits per heavy atom. The number of piperidine rings is 1. The van der Waals surface area contributed by atoms with Gasteiger partial charge in [0.2, 0.25) is 0 Å². The zero-order valence-corrected chi connectivity index (χ0v) is 17.3. The van der Waals surface area contributed by atoms with Gasteiger partial charge in [0, 0.05) is 38.4 Å². The van der Waals surface area contributed by atoms with Crippen molar-refractivity contribution in [2.24, 2.45) is 10.9 Å². The molecule has 1 fully saturated rings. The summed E-state index contributed by atoms with van der Waals surface area (Å²) in [5.41, 5.74) is 1.11. The topological polar surface area (TPSA) is 52.5 Å². The number of likely N-dealkylation sites (tertiary alicyclic amines) is 1. The van der Waals surface area contributed by atoms with E-state index in [9.17, 15) is 0 Å². The van der Waals surface area contributed by atoms with Gasteiger partial charge in [-0.1, -0.05) is 13.0 Å². The Kier molecular flexibility index (Phi) is 11.0. The molecule has 2 N–H and O–H groups in total. The maximum Gasteiger partial charge on any atom is 0.190 e. The highest BCUT2D eigenvalue weighted by molar-refractivity contribution is 14.0. The number of halogens is 1. The van der Waals surface area contributed by atoms with Crippen molar-refractivity contribution in [3.63, 3.8) is 0 Å². The first-order valence-corrected chi connectivity index (χ1v) is 8.88. The lowest BCUT2D eigenvalue weighted by Gasteiger charge is -2.31. The van der Waals surface area contributed by atoms with E-state index in [4.69, 9.17) is 0 Å². The molecule has 2 heterocycles. The van der Waals surface area contributed by atoms with E-state index in [0.717, 1.165) is 37.1 Å². The Bertz CT molecular complexity index is 458. The summed E-state index contributed by atoms with van der Waals surface area (Å²) in [5.74, 6) is 1.75. The van der Waals surface area contributed by atoms with Crippen LogP contribution in [-0.2, 0) is 6.42 Å². The fraction of sp³-hybridized carbons (Fsp3) is 0.667. The third-order valence-electron chi connectivity index (χ3n) is 4.62. The van der Waals surface area contributed by atoms with Crippen molar-refractivity contribution in [3.05, 3.63) is 30.1 Å². The summed E-state index contributed by atoms with van der Waals surface area (Å²) in [7, 11) is 1.83. The van der Waals surface area contributed by atoms with Gasteiger partial charge in [-0.25, -0.2) is 0 Å². The molecule has 6 heteroatoms. The smallest absolute Gasteiger partial charge is 0.190 e. The number of guanidine groups is 1. The molecule has 1 aromatic rings. The van der Waals surface area contributed by atoms with E-state index in [0.29, 0.717) is 0 Å². The second-order valence-electron chi connectivity index (χ2n) is 6.16. The van der Waals surface area contributed by atoms with E-state index < -0.39 is 0 Å². The Morgan fingerprint density at radius 2 is 2.00 bits per heavy atom. The average Bonchev–Trinajstić information content (AvgIpc) is 2.62. The van der Waals surface area contributed by atoms with Crippen LogP contribution in [0.15, 0.2) is 29.4 Å². The maximum atomic E-state index is 4.33. The predicted octanol–water partition coefficient (Wildman–Crippen LogP) is 2.53. The van der Waals surface area contributed by atoms with Crippen LogP contribution in [0.3, 0.4) is 0 Å². The summed E-state index contributed by atoms with van der Waals surface area (Å²) in [6, 6.07) is 6.03. The molecule has 0 saturated carbocycles. The van der Waals surface area contributed by atoms with Gasteiger partial charge in [0.05, 0.1) is 0 Å². The zero-order chi connectivity index (χ0) is 16.3. The number of pyridine rings is 1. The molecule has 1 saturated heterocycles. The maximum absolute atomic E-state index is 4.33. The van der Waals surface area contributed by atoms with Crippen molar-refractivity contribution < 1.29 is 0 Å². The molecule has 0 bridgehead atoms. The Morgan fingerprint density at radius 1 is 1.25 bits per heavy atom. The van der Waals surface area contributed by atoms with Crippen LogP contribution >= 0.6 is 24.0 Å². The van der Waals surface area contributed by atoms with Gasteiger partial charge in [-0.05, 0) is 56.9 Å². The van der Waals surface area contributed by atoms with Crippen molar-refractivity contribution >= 4 is 29.9 Å². The van der Waals surface area contributed by atoms with Crippen molar-refractivity contribution in [1.82, 2.24) is 20.5 Å². The standard InChI is InChI=1S/C18H31N5.HI/c1-3-23-14-9-16(10-15-23)7-12-21-18(19-2)22-13-8-17-6-4-5-11-20-17;/h4-6,11,16H,3,7-10,12-15H2,1-2H3,(H2,19,21,22);1H. The fourth-order valence-corrected chi connectivity index (χ4v) is 3.06. The molecule has 0 atom stereocenters. The number of aromatic nitrogens is 1. The molecule has 0 unspecified atom stereocenters. The third kappa shape index (κ3) is 7.79. The van der Waals surface area contributed by atoms with Gasteiger partial charge in [-0.2, -0.15) is 0 Å². The molecular formula is C18H32IN5. The fourth-order valence-electron chi connectivity index (χ4n) is 3.06. The number of aliphatic imine (C=N–C) groups is 1.